The molecule has 2 saturated heterocycles. The standard InChI is InChI=1S/C38H58N6O6/c1-8-10-16-26(31(46)34(48)39-20-9-2)40-33(47)30-29-25(37(29,5)6)22-44(30)35(49)32(38(7)18-13-11-14-19-38)42-36(50)41-27(24(3)4)23-43-21-15-12-17-28(43)45/h1,9,24-27,29-30,32H,2,10-23H2,3-7H3,(H,39,48)(H,40,47)(H2,41,42,50)/t25-,26?,27+,29-,30-,32+/m0/s1. The molecule has 0 aromatic carbocycles. The van der Waals surface area contributed by atoms with Gasteiger partial charge in [0, 0.05) is 39.0 Å². The molecule has 0 radical (unpaired) electrons. The number of Topliss-reactive ketones (excluding diaryl/α,β-unsaturated/α-hetero) is 1. The zero-order chi connectivity index (χ0) is 36.8. The van der Waals surface area contributed by atoms with E-state index in [9.17, 15) is 28.8 Å². The minimum absolute atomic E-state index is 0.0416. The molecule has 4 fully saturated rings. The smallest absolute Gasteiger partial charge is 0.315 e. The van der Waals surface area contributed by atoms with Crippen molar-refractivity contribution in [2.45, 2.75) is 123 Å². The average molecular weight is 695 g/mol. The van der Waals surface area contributed by atoms with Crippen molar-refractivity contribution in [3.63, 3.8) is 0 Å². The average Bonchev–Trinajstić information content (AvgIpc) is 3.38. The lowest BCUT2D eigenvalue weighted by Gasteiger charge is -2.43. The molecule has 1 unspecified atom stereocenters. The van der Waals surface area contributed by atoms with Crippen LogP contribution >= 0.6 is 0 Å². The van der Waals surface area contributed by atoms with Crippen LogP contribution in [0.1, 0.15) is 98.8 Å². The second-order valence-corrected chi connectivity index (χ2v) is 16.0. The van der Waals surface area contributed by atoms with Crippen LogP contribution < -0.4 is 21.3 Å². The van der Waals surface area contributed by atoms with Crippen molar-refractivity contribution in [1.82, 2.24) is 31.1 Å². The number of nitrogens with one attached hydrogen (secondary N) is 4. The van der Waals surface area contributed by atoms with Crippen LogP contribution in [0.2, 0.25) is 0 Å². The first-order valence-corrected chi connectivity index (χ1v) is 18.5. The van der Waals surface area contributed by atoms with E-state index >= 15 is 0 Å². The number of likely N-dealkylation sites (tertiary alicyclic amines) is 2. The minimum Gasteiger partial charge on any atom is -0.346 e. The highest BCUT2D eigenvalue weighted by molar-refractivity contribution is 6.38. The molecule has 0 aromatic heterocycles. The Morgan fingerprint density at radius 3 is 2.34 bits per heavy atom. The van der Waals surface area contributed by atoms with Gasteiger partial charge in [0.1, 0.15) is 12.1 Å². The Morgan fingerprint density at radius 1 is 1.02 bits per heavy atom. The van der Waals surface area contributed by atoms with Crippen molar-refractivity contribution in [3.8, 4) is 12.3 Å². The molecular weight excluding hydrogens is 636 g/mol. The van der Waals surface area contributed by atoms with Crippen LogP contribution in [0, 0.1) is 40.9 Å². The Kier molecular flexibility index (Phi) is 12.8. The predicted molar refractivity (Wildman–Crippen MR) is 190 cm³/mol. The van der Waals surface area contributed by atoms with Crippen LogP contribution in [-0.2, 0) is 24.0 Å². The zero-order valence-electron chi connectivity index (χ0n) is 30.6. The molecule has 12 heteroatoms. The van der Waals surface area contributed by atoms with Crippen molar-refractivity contribution in [3.05, 3.63) is 12.7 Å². The summed E-state index contributed by atoms with van der Waals surface area (Å²) in [5, 5.41) is 11.4. The van der Waals surface area contributed by atoms with E-state index in [1.54, 1.807) is 4.90 Å². The third kappa shape index (κ3) is 8.70. The number of hydrogen-bond donors (Lipinski definition) is 4. The molecule has 12 nitrogen and oxygen atoms in total. The third-order valence-corrected chi connectivity index (χ3v) is 11.8. The van der Waals surface area contributed by atoms with Gasteiger partial charge in [-0.1, -0.05) is 60.0 Å². The minimum atomic E-state index is -1.16. The molecule has 276 valence electrons. The fraction of sp³-hybridized carbons (Fsp3) is 0.737. The summed E-state index contributed by atoms with van der Waals surface area (Å²) in [5.74, 6) is 0.0364. The van der Waals surface area contributed by atoms with E-state index < -0.39 is 47.2 Å². The SMILES string of the molecule is C#CCCC(NC(=O)[C@@H]1[C@@H]2[C@H](CN1C(=O)[C@@H](NC(=O)N[C@H](CN1CCCCC1=O)C(C)C)C1(C)CCCCC1)C2(C)C)C(=O)C(=O)NCC=C. The van der Waals surface area contributed by atoms with E-state index in [0.29, 0.717) is 26.1 Å². The molecule has 2 aliphatic carbocycles. The Bertz CT molecular complexity index is 1360. The number of rotatable bonds is 15. The van der Waals surface area contributed by atoms with Gasteiger partial charge in [-0.3, -0.25) is 24.0 Å². The number of carbonyl (C=O) groups is 6. The van der Waals surface area contributed by atoms with Crippen LogP contribution in [0.25, 0.3) is 0 Å². The van der Waals surface area contributed by atoms with Gasteiger partial charge < -0.3 is 31.1 Å². The number of piperidine rings is 2. The summed E-state index contributed by atoms with van der Waals surface area (Å²) >= 11 is 0. The summed E-state index contributed by atoms with van der Waals surface area (Å²) in [6.07, 6.45) is 13.8. The van der Waals surface area contributed by atoms with Crippen LogP contribution in [0.15, 0.2) is 12.7 Å². The highest BCUT2D eigenvalue weighted by Gasteiger charge is 2.70. The number of fused-ring (bicyclic) bond motifs is 1. The molecule has 4 N–H and O–H groups in total. The molecule has 4 rings (SSSR count). The maximum absolute atomic E-state index is 14.8. The second-order valence-electron chi connectivity index (χ2n) is 16.0. The molecule has 50 heavy (non-hydrogen) atoms. The third-order valence-electron chi connectivity index (χ3n) is 11.8. The molecule has 6 atom stereocenters. The van der Waals surface area contributed by atoms with Gasteiger partial charge in [0.25, 0.3) is 5.91 Å². The number of terminal acetylenes is 1. The highest BCUT2D eigenvalue weighted by atomic mass is 16.2. The maximum atomic E-state index is 14.8. The number of carbonyl (C=O) groups excluding carboxylic acids is 6. The first-order chi connectivity index (χ1) is 23.7. The first-order valence-electron chi connectivity index (χ1n) is 18.5. The Balaban J connectivity index is 1.57. The number of amides is 6. The largest absolute Gasteiger partial charge is 0.346 e. The topological polar surface area (TPSA) is 157 Å². The lowest BCUT2D eigenvalue weighted by atomic mass is 9.70. The fourth-order valence-electron chi connectivity index (χ4n) is 8.38. The number of hydrogen-bond acceptors (Lipinski definition) is 6. The molecule has 2 aliphatic heterocycles. The van der Waals surface area contributed by atoms with Gasteiger partial charge in [-0.2, -0.15) is 0 Å². The number of nitrogens with zero attached hydrogens (tertiary/aromatic N) is 2. The van der Waals surface area contributed by atoms with E-state index in [1.807, 2.05) is 25.7 Å². The van der Waals surface area contributed by atoms with Crippen LogP contribution in [0.3, 0.4) is 0 Å². The summed E-state index contributed by atoms with van der Waals surface area (Å²) in [6, 6.07) is -3.72. The molecule has 0 spiro atoms. The first kappa shape index (κ1) is 38.9. The van der Waals surface area contributed by atoms with E-state index in [2.05, 4.69) is 47.6 Å². The number of urea groups is 1. The molecule has 4 aliphatic rings. The van der Waals surface area contributed by atoms with Gasteiger partial charge in [0.05, 0.1) is 12.1 Å². The van der Waals surface area contributed by atoms with Gasteiger partial charge >= 0.3 is 6.03 Å². The quantitative estimate of drug-likeness (QED) is 0.117. The zero-order valence-corrected chi connectivity index (χ0v) is 30.6. The van der Waals surface area contributed by atoms with Gasteiger partial charge in [-0.15, -0.1) is 18.9 Å². The Morgan fingerprint density at radius 2 is 1.72 bits per heavy atom. The maximum Gasteiger partial charge on any atom is 0.315 e. The monoisotopic (exact) mass is 694 g/mol. The lowest BCUT2D eigenvalue weighted by Crippen LogP contribution is -2.63. The van der Waals surface area contributed by atoms with E-state index in [4.69, 9.17) is 6.42 Å². The summed E-state index contributed by atoms with van der Waals surface area (Å²) in [6.45, 7) is 15.2. The second kappa shape index (κ2) is 16.4. The van der Waals surface area contributed by atoms with Gasteiger partial charge in [-0.05, 0) is 60.7 Å². The van der Waals surface area contributed by atoms with Crippen LogP contribution in [0.5, 0.6) is 0 Å². The summed E-state index contributed by atoms with van der Waals surface area (Å²) in [4.78, 5) is 84.3. The number of ketones is 1. The molecule has 6 amide bonds. The van der Waals surface area contributed by atoms with Gasteiger partial charge in [-0.25, -0.2) is 4.79 Å². The van der Waals surface area contributed by atoms with E-state index in [1.165, 1.54) is 6.08 Å². The Labute approximate surface area is 297 Å². The molecule has 0 aromatic rings. The van der Waals surface area contributed by atoms with E-state index in [-0.39, 0.29) is 60.4 Å². The van der Waals surface area contributed by atoms with Crippen molar-refractivity contribution in [1.29, 1.82) is 0 Å². The molecular formula is C38H58N6O6. The van der Waals surface area contributed by atoms with Crippen LogP contribution in [-0.4, -0.2) is 95.6 Å². The molecule has 2 saturated carbocycles. The van der Waals surface area contributed by atoms with Gasteiger partial charge in [0.2, 0.25) is 23.5 Å². The molecule has 0 bridgehead atoms. The summed E-state index contributed by atoms with van der Waals surface area (Å²) < 4.78 is 0. The van der Waals surface area contributed by atoms with Crippen molar-refractivity contribution in [2.24, 2.45) is 28.6 Å². The van der Waals surface area contributed by atoms with Crippen LogP contribution in [0.4, 0.5) is 4.79 Å². The predicted octanol–water partition coefficient (Wildman–Crippen LogP) is 2.91. The fourth-order valence-corrected chi connectivity index (χ4v) is 8.38. The normalized spacial score (nSPS) is 25.3. The van der Waals surface area contributed by atoms with Gasteiger partial charge in [0.15, 0.2) is 0 Å². The molecule has 2 heterocycles. The van der Waals surface area contributed by atoms with Crippen molar-refractivity contribution in [2.75, 3.05) is 26.2 Å². The van der Waals surface area contributed by atoms with Crippen molar-refractivity contribution >= 4 is 35.4 Å². The summed E-state index contributed by atoms with van der Waals surface area (Å²) in [7, 11) is 0. The highest BCUT2D eigenvalue weighted by Crippen LogP contribution is 2.65. The van der Waals surface area contributed by atoms with E-state index in [0.717, 1.165) is 44.9 Å². The lowest BCUT2D eigenvalue weighted by molar-refractivity contribution is -0.146. The summed E-state index contributed by atoms with van der Waals surface area (Å²) in [5.41, 5.74) is -0.745. The Hall–Kier alpha value is -3.88. The van der Waals surface area contributed by atoms with Crippen molar-refractivity contribution < 1.29 is 28.8 Å².